The first-order valence-electron chi connectivity index (χ1n) is 5.49. The maximum Gasteiger partial charge on any atom is 0.325 e. The Labute approximate surface area is 113 Å². The number of anilines is 1. The highest BCUT2D eigenvalue weighted by atomic mass is 35.5. The molecule has 1 aromatic carbocycles. The van der Waals surface area contributed by atoms with E-state index < -0.39 is 18.1 Å². The van der Waals surface area contributed by atoms with Gasteiger partial charge in [0.1, 0.15) is 6.54 Å². The highest BCUT2D eigenvalue weighted by molar-refractivity contribution is 6.31. The molecule has 0 spiro atoms. The molecule has 0 aliphatic carbocycles. The molecule has 2 rings (SSSR count). The Morgan fingerprint density at radius 2 is 2.11 bits per heavy atom. The lowest BCUT2D eigenvalue weighted by atomic mass is 10.2. The minimum Gasteiger partial charge on any atom is -0.480 e. The van der Waals surface area contributed by atoms with Crippen LogP contribution in [0, 0.1) is 0 Å². The molecule has 0 saturated carbocycles. The lowest BCUT2D eigenvalue weighted by molar-refractivity contribution is -0.137. The second-order valence-corrected chi connectivity index (χ2v) is 4.70. The van der Waals surface area contributed by atoms with E-state index in [0.29, 0.717) is 21.6 Å². The Balaban J connectivity index is 2.82. The van der Waals surface area contributed by atoms with Crippen molar-refractivity contribution in [2.45, 2.75) is 6.54 Å². The van der Waals surface area contributed by atoms with Gasteiger partial charge < -0.3 is 10.0 Å². The number of rotatable bonds is 3. The average molecular weight is 282 g/mol. The van der Waals surface area contributed by atoms with Crippen LogP contribution in [0.1, 0.15) is 0 Å². The summed E-state index contributed by atoms with van der Waals surface area (Å²) in [6, 6.07) is 4.81. The fraction of sp³-hybridized carbons (Fsp3) is 0.250. The SMILES string of the molecule is CN(C)c1nn(CC(=O)O)c(=O)c2ccc(Cl)cc12. The minimum absolute atomic E-state index is 0.393. The molecular weight excluding hydrogens is 270 g/mol. The smallest absolute Gasteiger partial charge is 0.325 e. The quantitative estimate of drug-likeness (QED) is 0.915. The minimum atomic E-state index is -1.12. The van der Waals surface area contributed by atoms with Crippen LogP contribution in [0.25, 0.3) is 10.8 Å². The molecule has 0 aliphatic rings. The molecule has 0 aliphatic heterocycles. The van der Waals surface area contributed by atoms with Crippen molar-refractivity contribution in [2.75, 3.05) is 19.0 Å². The molecule has 6 nitrogen and oxygen atoms in total. The van der Waals surface area contributed by atoms with E-state index in [1.165, 1.54) is 0 Å². The highest BCUT2D eigenvalue weighted by Gasteiger charge is 2.14. The van der Waals surface area contributed by atoms with E-state index in [9.17, 15) is 9.59 Å². The molecule has 2 aromatic rings. The highest BCUT2D eigenvalue weighted by Crippen LogP contribution is 2.23. The van der Waals surface area contributed by atoms with E-state index in [1.54, 1.807) is 37.2 Å². The first kappa shape index (κ1) is 13.4. The Morgan fingerprint density at radius 3 is 2.68 bits per heavy atom. The Kier molecular flexibility index (Phi) is 3.44. The number of hydrogen-bond donors (Lipinski definition) is 1. The number of halogens is 1. The van der Waals surface area contributed by atoms with E-state index in [0.717, 1.165) is 4.68 Å². The third kappa shape index (κ3) is 2.53. The van der Waals surface area contributed by atoms with Gasteiger partial charge in [-0.2, -0.15) is 5.10 Å². The number of nitrogens with zero attached hydrogens (tertiary/aromatic N) is 3. The number of carboxylic acids is 1. The van der Waals surface area contributed by atoms with Crippen LogP contribution in [0.3, 0.4) is 0 Å². The molecular formula is C12H12ClN3O3. The van der Waals surface area contributed by atoms with Crippen LogP contribution in [-0.4, -0.2) is 35.0 Å². The fourth-order valence-electron chi connectivity index (χ4n) is 1.81. The molecule has 7 heteroatoms. The average Bonchev–Trinajstić information content (AvgIpc) is 2.31. The standard InChI is InChI=1S/C12H12ClN3O3/c1-15(2)11-9-5-7(13)3-4-8(9)12(19)16(14-11)6-10(17)18/h3-5H,6H2,1-2H3,(H,17,18). The van der Waals surface area contributed by atoms with Crippen LogP contribution in [0.15, 0.2) is 23.0 Å². The molecule has 0 unspecified atom stereocenters. The monoisotopic (exact) mass is 281 g/mol. The third-order valence-corrected chi connectivity index (χ3v) is 2.85. The Morgan fingerprint density at radius 1 is 1.42 bits per heavy atom. The summed E-state index contributed by atoms with van der Waals surface area (Å²) in [7, 11) is 3.52. The van der Waals surface area contributed by atoms with Gasteiger partial charge in [0.15, 0.2) is 5.82 Å². The lowest BCUT2D eigenvalue weighted by Gasteiger charge is -2.16. The second-order valence-electron chi connectivity index (χ2n) is 4.26. The zero-order chi connectivity index (χ0) is 14.2. The molecule has 0 radical (unpaired) electrons. The Hall–Kier alpha value is -2.08. The zero-order valence-electron chi connectivity index (χ0n) is 10.4. The molecule has 0 saturated heterocycles. The number of carbonyl (C=O) groups is 1. The van der Waals surface area contributed by atoms with Gasteiger partial charge in [0.2, 0.25) is 0 Å². The fourth-order valence-corrected chi connectivity index (χ4v) is 1.98. The predicted octanol–water partition coefficient (Wildman–Crippen LogP) is 1.20. The van der Waals surface area contributed by atoms with Crippen molar-refractivity contribution in [1.82, 2.24) is 9.78 Å². The third-order valence-electron chi connectivity index (χ3n) is 2.61. The first-order chi connectivity index (χ1) is 8.90. The number of aromatic nitrogens is 2. The van der Waals surface area contributed by atoms with Gasteiger partial charge in [0, 0.05) is 24.5 Å². The molecule has 0 amide bonds. The number of aliphatic carboxylic acids is 1. The predicted molar refractivity (Wildman–Crippen MR) is 73.0 cm³/mol. The normalized spacial score (nSPS) is 10.7. The lowest BCUT2D eigenvalue weighted by Crippen LogP contribution is -2.29. The zero-order valence-corrected chi connectivity index (χ0v) is 11.2. The summed E-state index contributed by atoms with van der Waals surface area (Å²) in [5.74, 6) is -0.619. The van der Waals surface area contributed by atoms with Crippen LogP contribution < -0.4 is 10.5 Å². The molecule has 19 heavy (non-hydrogen) atoms. The van der Waals surface area contributed by atoms with Gasteiger partial charge in [0.05, 0.1) is 5.39 Å². The first-order valence-corrected chi connectivity index (χ1v) is 5.87. The second kappa shape index (κ2) is 4.89. The van der Waals surface area contributed by atoms with Crippen molar-refractivity contribution in [1.29, 1.82) is 0 Å². The maximum absolute atomic E-state index is 12.1. The van der Waals surface area contributed by atoms with E-state index in [4.69, 9.17) is 16.7 Å². The van der Waals surface area contributed by atoms with E-state index in [2.05, 4.69) is 5.10 Å². The largest absolute Gasteiger partial charge is 0.480 e. The van der Waals surface area contributed by atoms with Gasteiger partial charge in [-0.05, 0) is 18.2 Å². The van der Waals surface area contributed by atoms with Crippen LogP contribution in [0.5, 0.6) is 0 Å². The van der Waals surface area contributed by atoms with Crippen molar-refractivity contribution in [2.24, 2.45) is 0 Å². The summed E-state index contributed by atoms with van der Waals surface area (Å²) in [4.78, 5) is 24.6. The van der Waals surface area contributed by atoms with Crippen LogP contribution in [0.2, 0.25) is 5.02 Å². The van der Waals surface area contributed by atoms with Gasteiger partial charge in [0.25, 0.3) is 5.56 Å². The molecule has 1 N–H and O–H groups in total. The van der Waals surface area contributed by atoms with Crippen molar-refractivity contribution in [3.8, 4) is 0 Å². The molecule has 0 bridgehead atoms. The van der Waals surface area contributed by atoms with E-state index >= 15 is 0 Å². The molecule has 1 aromatic heterocycles. The number of hydrogen-bond acceptors (Lipinski definition) is 4. The summed E-state index contributed by atoms with van der Waals surface area (Å²) >= 11 is 5.92. The molecule has 1 heterocycles. The van der Waals surface area contributed by atoms with Crippen LogP contribution >= 0.6 is 11.6 Å². The van der Waals surface area contributed by atoms with Crippen molar-refractivity contribution in [3.63, 3.8) is 0 Å². The molecule has 100 valence electrons. The summed E-state index contributed by atoms with van der Waals surface area (Å²) in [5.41, 5.74) is -0.445. The Bertz CT molecular complexity index is 709. The number of carboxylic acid groups (broad SMARTS) is 1. The van der Waals surface area contributed by atoms with Gasteiger partial charge >= 0.3 is 5.97 Å². The van der Waals surface area contributed by atoms with Gasteiger partial charge in [-0.15, -0.1) is 0 Å². The summed E-state index contributed by atoms with van der Waals surface area (Å²) < 4.78 is 0.938. The van der Waals surface area contributed by atoms with E-state index in [-0.39, 0.29) is 0 Å². The van der Waals surface area contributed by atoms with E-state index in [1.807, 2.05) is 0 Å². The maximum atomic E-state index is 12.1. The molecule has 0 fully saturated rings. The van der Waals surface area contributed by atoms with Crippen LogP contribution in [0.4, 0.5) is 5.82 Å². The van der Waals surface area contributed by atoms with Crippen molar-refractivity contribution < 1.29 is 9.90 Å². The van der Waals surface area contributed by atoms with Crippen molar-refractivity contribution in [3.05, 3.63) is 33.6 Å². The number of benzene rings is 1. The van der Waals surface area contributed by atoms with Gasteiger partial charge in [-0.3, -0.25) is 9.59 Å². The molecule has 0 atom stereocenters. The van der Waals surface area contributed by atoms with Gasteiger partial charge in [-0.1, -0.05) is 11.6 Å². The van der Waals surface area contributed by atoms with Crippen molar-refractivity contribution >= 4 is 34.2 Å². The topological polar surface area (TPSA) is 75.4 Å². The summed E-state index contributed by atoms with van der Waals surface area (Å²) in [6.07, 6.45) is 0. The summed E-state index contributed by atoms with van der Waals surface area (Å²) in [5, 5.41) is 14.4. The van der Waals surface area contributed by atoms with Crippen LogP contribution in [-0.2, 0) is 11.3 Å². The number of fused-ring (bicyclic) bond motifs is 1. The summed E-state index contributed by atoms with van der Waals surface area (Å²) in [6.45, 7) is -0.474. The van der Waals surface area contributed by atoms with Gasteiger partial charge in [-0.25, -0.2) is 4.68 Å².